The van der Waals surface area contributed by atoms with E-state index in [4.69, 9.17) is 9.47 Å². The van der Waals surface area contributed by atoms with Crippen molar-refractivity contribution < 1.29 is 14.3 Å². The Bertz CT molecular complexity index is 762. The number of fused-ring (bicyclic) bond motifs is 1. The number of carbonyl (C=O) groups is 1. The van der Waals surface area contributed by atoms with Gasteiger partial charge < -0.3 is 14.4 Å². The van der Waals surface area contributed by atoms with Crippen molar-refractivity contribution in [1.82, 2.24) is 0 Å². The minimum absolute atomic E-state index is 0.0512. The summed E-state index contributed by atoms with van der Waals surface area (Å²) >= 11 is 1.74. The minimum atomic E-state index is 0.0512. The average molecular weight is 357 g/mol. The summed E-state index contributed by atoms with van der Waals surface area (Å²) in [5, 5.41) is 0.0512. The van der Waals surface area contributed by atoms with Crippen molar-refractivity contribution in [3.05, 3.63) is 48.0 Å². The van der Waals surface area contributed by atoms with Gasteiger partial charge in [0.1, 0.15) is 0 Å². The third-order valence-corrected chi connectivity index (χ3v) is 5.64. The number of methoxy groups -OCH3 is 2. The summed E-state index contributed by atoms with van der Waals surface area (Å²) in [5.41, 5.74) is 2.09. The number of carbonyl (C=O) groups excluding carboxylic acids is 1. The third kappa shape index (κ3) is 3.61. The number of para-hydroxylation sites is 1. The van der Waals surface area contributed by atoms with Crippen LogP contribution in [0.2, 0.25) is 0 Å². The van der Waals surface area contributed by atoms with Crippen LogP contribution in [0, 0.1) is 0 Å². The molecule has 4 nitrogen and oxygen atoms in total. The predicted octanol–water partition coefficient (Wildman–Crippen LogP) is 4.68. The van der Waals surface area contributed by atoms with Gasteiger partial charge in [-0.2, -0.15) is 0 Å². The van der Waals surface area contributed by atoms with E-state index in [1.807, 2.05) is 41.3 Å². The highest BCUT2D eigenvalue weighted by Gasteiger charge is 2.29. The molecule has 1 heterocycles. The number of hydrogen-bond acceptors (Lipinski definition) is 4. The molecule has 5 heteroatoms. The van der Waals surface area contributed by atoms with Crippen molar-refractivity contribution in [2.75, 3.05) is 25.7 Å². The molecule has 2 aromatic rings. The molecule has 25 heavy (non-hydrogen) atoms. The van der Waals surface area contributed by atoms with Crippen LogP contribution in [0.15, 0.2) is 47.4 Å². The third-order valence-electron chi connectivity index (χ3n) is 4.31. The molecule has 0 saturated carbocycles. The number of anilines is 1. The van der Waals surface area contributed by atoms with Crippen molar-refractivity contribution in [2.45, 2.75) is 29.9 Å². The summed E-state index contributed by atoms with van der Waals surface area (Å²) < 4.78 is 10.7. The zero-order chi connectivity index (χ0) is 17.8. The van der Waals surface area contributed by atoms with E-state index in [9.17, 15) is 4.79 Å². The van der Waals surface area contributed by atoms with Crippen LogP contribution in [0.5, 0.6) is 11.5 Å². The second-order valence-corrected chi connectivity index (χ2v) is 7.18. The van der Waals surface area contributed by atoms with Gasteiger partial charge in [0, 0.05) is 23.1 Å². The number of amides is 1. The molecule has 1 aliphatic heterocycles. The molecule has 0 unspecified atom stereocenters. The van der Waals surface area contributed by atoms with Crippen LogP contribution in [0.4, 0.5) is 5.69 Å². The molecule has 0 fully saturated rings. The monoisotopic (exact) mass is 357 g/mol. The zero-order valence-electron chi connectivity index (χ0n) is 14.8. The summed E-state index contributed by atoms with van der Waals surface area (Å²) in [5.74, 6) is 1.55. The normalized spacial score (nSPS) is 17.0. The van der Waals surface area contributed by atoms with Gasteiger partial charge in [-0.1, -0.05) is 25.1 Å². The quantitative estimate of drug-likeness (QED) is 0.778. The lowest BCUT2D eigenvalue weighted by Gasteiger charge is -2.21. The Hall–Kier alpha value is -2.14. The highest BCUT2D eigenvalue weighted by molar-refractivity contribution is 7.99. The average Bonchev–Trinajstić information content (AvgIpc) is 2.78. The van der Waals surface area contributed by atoms with E-state index in [0.29, 0.717) is 17.9 Å². The van der Waals surface area contributed by atoms with Crippen LogP contribution in [-0.4, -0.2) is 26.7 Å². The Morgan fingerprint density at radius 3 is 2.60 bits per heavy atom. The van der Waals surface area contributed by atoms with Gasteiger partial charge in [-0.3, -0.25) is 4.79 Å². The molecule has 0 aromatic heterocycles. The number of nitrogens with zero attached hydrogens (tertiary/aromatic N) is 1. The molecule has 0 spiro atoms. The molecule has 0 saturated heterocycles. The van der Waals surface area contributed by atoms with Crippen molar-refractivity contribution in [1.29, 1.82) is 0 Å². The van der Waals surface area contributed by atoms with Gasteiger partial charge in [0.05, 0.1) is 19.9 Å². The lowest BCUT2D eigenvalue weighted by molar-refractivity contribution is -0.118. The van der Waals surface area contributed by atoms with Crippen molar-refractivity contribution >= 4 is 23.4 Å². The van der Waals surface area contributed by atoms with E-state index in [1.165, 1.54) is 0 Å². The van der Waals surface area contributed by atoms with Crippen LogP contribution in [0.25, 0.3) is 0 Å². The van der Waals surface area contributed by atoms with E-state index in [0.717, 1.165) is 29.1 Å². The van der Waals surface area contributed by atoms with E-state index in [1.54, 1.807) is 26.0 Å². The first-order valence-corrected chi connectivity index (χ1v) is 9.33. The van der Waals surface area contributed by atoms with Gasteiger partial charge in [0.15, 0.2) is 11.5 Å². The summed E-state index contributed by atoms with van der Waals surface area (Å²) in [6.07, 6.45) is 1.40. The number of rotatable bonds is 5. The highest BCUT2D eigenvalue weighted by atomic mass is 32.2. The van der Waals surface area contributed by atoms with Crippen LogP contribution in [-0.2, 0) is 4.79 Å². The first kappa shape index (κ1) is 17.7. The number of benzene rings is 2. The van der Waals surface area contributed by atoms with Crippen molar-refractivity contribution in [3.8, 4) is 11.5 Å². The predicted molar refractivity (Wildman–Crippen MR) is 102 cm³/mol. The number of hydrogen-bond donors (Lipinski definition) is 0. The van der Waals surface area contributed by atoms with Gasteiger partial charge in [-0.05, 0) is 36.2 Å². The molecule has 1 aliphatic rings. The highest BCUT2D eigenvalue weighted by Crippen LogP contribution is 2.46. The number of ether oxygens (including phenoxy) is 2. The molecule has 0 N–H and O–H groups in total. The topological polar surface area (TPSA) is 38.8 Å². The fourth-order valence-corrected chi connectivity index (χ4v) is 4.36. The SMILES string of the molecule is CCCN1C(=O)C[C@H](c2ccc(OC)c(OC)c2)Sc2ccccc21. The fourth-order valence-electron chi connectivity index (χ4n) is 3.09. The van der Waals surface area contributed by atoms with Gasteiger partial charge in [-0.15, -0.1) is 11.8 Å². The second kappa shape index (κ2) is 7.83. The summed E-state index contributed by atoms with van der Waals surface area (Å²) in [6.45, 7) is 2.84. The standard InChI is InChI=1S/C20H23NO3S/c1-4-11-21-15-7-5-6-8-18(15)25-19(13-20(21)22)14-9-10-16(23-2)17(12-14)24-3/h5-10,12,19H,4,11,13H2,1-3H3/t19-/m1/s1. The van der Waals surface area contributed by atoms with Crippen LogP contribution >= 0.6 is 11.8 Å². The summed E-state index contributed by atoms with van der Waals surface area (Å²) in [7, 11) is 3.26. The molecule has 0 bridgehead atoms. The molecule has 1 atom stereocenters. The van der Waals surface area contributed by atoms with Gasteiger partial charge in [0.2, 0.25) is 5.91 Å². The molecular formula is C20H23NO3S. The Labute approximate surface area is 153 Å². The van der Waals surface area contributed by atoms with E-state index in [-0.39, 0.29) is 11.2 Å². The van der Waals surface area contributed by atoms with E-state index < -0.39 is 0 Å². The smallest absolute Gasteiger partial charge is 0.228 e. The van der Waals surface area contributed by atoms with E-state index >= 15 is 0 Å². The van der Waals surface area contributed by atoms with Crippen LogP contribution in [0.1, 0.15) is 30.6 Å². The Balaban J connectivity index is 1.98. The van der Waals surface area contributed by atoms with Crippen LogP contribution in [0.3, 0.4) is 0 Å². The maximum atomic E-state index is 12.9. The van der Waals surface area contributed by atoms with E-state index in [2.05, 4.69) is 13.0 Å². The van der Waals surface area contributed by atoms with Crippen molar-refractivity contribution in [3.63, 3.8) is 0 Å². The first-order chi connectivity index (χ1) is 12.2. The Morgan fingerprint density at radius 2 is 1.88 bits per heavy atom. The minimum Gasteiger partial charge on any atom is -0.493 e. The lowest BCUT2D eigenvalue weighted by atomic mass is 10.1. The Morgan fingerprint density at radius 1 is 1.12 bits per heavy atom. The molecule has 1 amide bonds. The van der Waals surface area contributed by atoms with Gasteiger partial charge >= 0.3 is 0 Å². The number of thioether (sulfide) groups is 1. The maximum Gasteiger partial charge on any atom is 0.228 e. The summed E-state index contributed by atoms with van der Waals surface area (Å²) in [4.78, 5) is 15.9. The van der Waals surface area contributed by atoms with Crippen molar-refractivity contribution in [2.24, 2.45) is 0 Å². The van der Waals surface area contributed by atoms with Gasteiger partial charge in [-0.25, -0.2) is 0 Å². The lowest BCUT2D eigenvalue weighted by Crippen LogP contribution is -2.31. The zero-order valence-corrected chi connectivity index (χ0v) is 15.6. The molecule has 3 rings (SSSR count). The molecule has 2 aromatic carbocycles. The molecular weight excluding hydrogens is 334 g/mol. The first-order valence-electron chi connectivity index (χ1n) is 8.46. The van der Waals surface area contributed by atoms with Crippen LogP contribution < -0.4 is 14.4 Å². The molecule has 0 radical (unpaired) electrons. The summed E-state index contributed by atoms with van der Waals surface area (Å²) in [6, 6.07) is 14.0. The second-order valence-electron chi connectivity index (χ2n) is 5.94. The molecule has 132 valence electrons. The molecule has 0 aliphatic carbocycles. The largest absolute Gasteiger partial charge is 0.493 e. The Kier molecular flexibility index (Phi) is 5.53. The maximum absolute atomic E-state index is 12.9. The fraction of sp³-hybridized carbons (Fsp3) is 0.350. The van der Waals surface area contributed by atoms with Gasteiger partial charge in [0.25, 0.3) is 0 Å².